The van der Waals surface area contributed by atoms with Gasteiger partial charge in [-0.25, -0.2) is 4.98 Å². The molecule has 6 rings (SSSR count). The Morgan fingerprint density at radius 1 is 0.875 bits per heavy atom. The predicted molar refractivity (Wildman–Crippen MR) is 131 cm³/mol. The molecule has 5 aromatic rings. The topological polar surface area (TPSA) is 56.7 Å². The van der Waals surface area contributed by atoms with Crippen LogP contribution in [0.4, 0.5) is 5.69 Å². The van der Waals surface area contributed by atoms with E-state index in [1.165, 1.54) is 51.8 Å². The molecule has 0 aliphatic carbocycles. The fourth-order valence-corrected chi connectivity index (χ4v) is 5.14. The van der Waals surface area contributed by atoms with Gasteiger partial charge in [-0.2, -0.15) is 0 Å². The second-order valence-electron chi connectivity index (χ2n) is 8.78. The molecule has 0 amide bonds. The van der Waals surface area contributed by atoms with E-state index in [0.717, 1.165) is 42.5 Å². The minimum Gasteiger partial charge on any atom is -0.397 e. The summed E-state index contributed by atoms with van der Waals surface area (Å²) in [5.74, 6) is 1.18. The van der Waals surface area contributed by atoms with Gasteiger partial charge < -0.3 is 10.3 Å². The minimum absolute atomic E-state index is 0.746. The number of nitrogens with two attached hydrogens (primary N) is 1. The van der Waals surface area contributed by atoms with Crippen molar-refractivity contribution in [1.82, 2.24) is 14.5 Å². The SMILES string of the molecule is Nc1cc(Cc2ccccc2)c(Cc2ccccc2)c2c1ncc1nc3n(c12)CCCC3. The van der Waals surface area contributed by atoms with E-state index in [2.05, 4.69) is 71.3 Å². The molecule has 2 aromatic heterocycles. The standard InChI is InChI=1S/C28H26N4/c29-23-17-21(15-19-9-3-1-4-10-19)22(16-20-11-5-2-6-12-20)26-27(23)30-18-24-28(26)32-14-8-7-13-25(32)31-24/h1-6,9-12,17-18H,7-8,13-16,29H2. The van der Waals surface area contributed by atoms with Gasteiger partial charge in [0.25, 0.3) is 0 Å². The molecular formula is C28H26N4. The molecule has 1 aliphatic rings. The third-order valence-corrected chi connectivity index (χ3v) is 6.65. The van der Waals surface area contributed by atoms with Crippen molar-refractivity contribution >= 4 is 27.6 Å². The minimum atomic E-state index is 0.746. The van der Waals surface area contributed by atoms with E-state index in [4.69, 9.17) is 15.7 Å². The Morgan fingerprint density at radius 3 is 2.34 bits per heavy atom. The number of nitrogens with zero attached hydrogens (tertiary/aromatic N) is 3. The van der Waals surface area contributed by atoms with Crippen LogP contribution in [-0.4, -0.2) is 14.5 Å². The molecule has 0 spiro atoms. The first-order chi connectivity index (χ1) is 15.8. The van der Waals surface area contributed by atoms with E-state index in [0.29, 0.717) is 0 Å². The highest BCUT2D eigenvalue weighted by molar-refractivity contribution is 6.09. The van der Waals surface area contributed by atoms with Crippen molar-refractivity contribution < 1.29 is 0 Å². The van der Waals surface area contributed by atoms with Crippen molar-refractivity contribution in [3.8, 4) is 0 Å². The molecule has 3 aromatic carbocycles. The first-order valence-corrected chi connectivity index (χ1v) is 11.4. The van der Waals surface area contributed by atoms with Crippen molar-refractivity contribution in [2.45, 2.75) is 38.6 Å². The molecule has 32 heavy (non-hydrogen) atoms. The number of hydrogen-bond donors (Lipinski definition) is 1. The summed E-state index contributed by atoms with van der Waals surface area (Å²) in [5, 5.41) is 1.18. The van der Waals surface area contributed by atoms with Gasteiger partial charge >= 0.3 is 0 Å². The van der Waals surface area contributed by atoms with Gasteiger partial charge in [0.05, 0.1) is 22.9 Å². The molecule has 0 saturated heterocycles. The summed E-state index contributed by atoms with van der Waals surface area (Å²) in [6.07, 6.45) is 7.02. The lowest BCUT2D eigenvalue weighted by atomic mass is 9.90. The number of fused-ring (bicyclic) bond motifs is 5. The molecule has 4 heteroatoms. The van der Waals surface area contributed by atoms with E-state index >= 15 is 0 Å². The quantitative estimate of drug-likeness (QED) is 0.382. The molecule has 0 atom stereocenters. The van der Waals surface area contributed by atoms with Crippen LogP contribution in [0, 0.1) is 0 Å². The number of hydrogen-bond acceptors (Lipinski definition) is 3. The number of aryl methyl sites for hydroxylation is 2. The first kappa shape index (κ1) is 19.1. The average Bonchev–Trinajstić information content (AvgIpc) is 3.21. The summed E-state index contributed by atoms with van der Waals surface area (Å²) in [6, 6.07) is 23.5. The molecule has 0 radical (unpaired) electrons. The maximum Gasteiger partial charge on any atom is 0.109 e. The number of nitrogen functional groups attached to an aromatic ring is 1. The summed E-state index contributed by atoms with van der Waals surface area (Å²) in [6.45, 7) is 1.01. The summed E-state index contributed by atoms with van der Waals surface area (Å²) >= 11 is 0. The van der Waals surface area contributed by atoms with Crippen LogP contribution in [0.5, 0.6) is 0 Å². The van der Waals surface area contributed by atoms with Gasteiger partial charge in [-0.1, -0.05) is 60.7 Å². The lowest BCUT2D eigenvalue weighted by molar-refractivity contribution is 0.533. The van der Waals surface area contributed by atoms with Gasteiger partial charge in [0.1, 0.15) is 11.3 Å². The highest BCUT2D eigenvalue weighted by Crippen LogP contribution is 2.36. The normalized spacial score (nSPS) is 13.5. The average molecular weight is 419 g/mol. The maximum absolute atomic E-state index is 6.62. The van der Waals surface area contributed by atoms with E-state index in [9.17, 15) is 0 Å². The van der Waals surface area contributed by atoms with Gasteiger partial charge in [-0.3, -0.25) is 4.98 Å². The molecular weight excluding hydrogens is 392 g/mol. The molecule has 4 nitrogen and oxygen atoms in total. The summed E-state index contributed by atoms with van der Waals surface area (Å²) in [7, 11) is 0. The molecule has 0 fully saturated rings. The van der Waals surface area contributed by atoms with Crippen LogP contribution in [0.15, 0.2) is 72.9 Å². The van der Waals surface area contributed by atoms with Crippen LogP contribution < -0.4 is 5.73 Å². The number of pyridine rings is 1. The van der Waals surface area contributed by atoms with Crippen molar-refractivity contribution in [2.75, 3.05) is 5.73 Å². The van der Waals surface area contributed by atoms with Crippen LogP contribution in [0.2, 0.25) is 0 Å². The molecule has 0 saturated carbocycles. The number of benzene rings is 3. The van der Waals surface area contributed by atoms with Gasteiger partial charge in [0, 0.05) is 18.4 Å². The first-order valence-electron chi connectivity index (χ1n) is 11.4. The molecule has 2 N–H and O–H groups in total. The maximum atomic E-state index is 6.62. The Bertz CT molecular complexity index is 1420. The monoisotopic (exact) mass is 418 g/mol. The number of anilines is 1. The lowest BCUT2D eigenvalue weighted by Gasteiger charge is -2.19. The van der Waals surface area contributed by atoms with E-state index < -0.39 is 0 Å². The Kier molecular flexibility index (Phi) is 4.64. The van der Waals surface area contributed by atoms with Crippen LogP contribution in [0.25, 0.3) is 21.9 Å². The molecule has 0 unspecified atom stereocenters. The zero-order chi connectivity index (χ0) is 21.5. The van der Waals surface area contributed by atoms with Crippen LogP contribution in [0.1, 0.15) is 40.9 Å². The van der Waals surface area contributed by atoms with Gasteiger partial charge in [-0.15, -0.1) is 0 Å². The summed E-state index contributed by atoms with van der Waals surface area (Å²) < 4.78 is 2.42. The molecule has 0 bridgehead atoms. The van der Waals surface area contributed by atoms with E-state index in [1.54, 1.807) is 0 Å². The van der Waals surface area contributed by atoms with Gasteiger partial charge in [-0.05, 0) is 54.0 Å². The third kappa shape index (κ3) is 3.23. The van der Waals surface area contributed by atoms with E-state index in [1.807, 2.05) is 6.20 Å². The van der Waals surface area contributed by atoms with Crippen molar-refractivity contribution in [3.63, 3.8) is 0 Å². The zero-order valence-electron chi connectivity index (χ0n) is 18.1. The Balaban J connectivity index is 1.66. The van der Waals surface area contributed by atoms with Crippen molar-refractivity contribution in [1.29, 1.82) is 0 Å². The fourth-order valence-electron chi connectivity index (χ4n) is 5.14. The smallest absolute Gasteiger partial charge is 0.109 e. The molecule has 3 heterocycles. The third-order valence-electron chi connectivity index (χ3n) is 6.65. The largest absolute Gasteiger partial charge is 0.397 e. The Labute approximate surface area is 187 Å². The van der Waals surface area contributed by atoms with Crippen LogP contribution >= 0.6 is 0 Å². The van der Waals surface area contributed by atoms with Crippen LogP contribution in [0.3, 0.4) is 0 Å². The number of imidazole rings is 1. The van der Waals surface area contributed by atoms with Crippen molar-refractivity contribution in [2.24, 2.45) is 0 Å². The molecule has 1 aliphatic heterocycles. The second kappa shape index (κ2) is 7.79. The van der Waals surface area contributed by atoms with Gasteiger partial charge in [0.2, 0.25) is 0 Å². The summed E-state index contributed by atoms with van der Waals surface area (Å²) in [4.78, 5) is 9.76. The van der Waals surface area contributed by atoms with E-state index in [-0.39, 0.29) is 0 Å². The lowest BCUT2D eigenvalue weighted by Crippen LogP contribution is -2.11. The summed E-state index contributed by atoms with van der Waals surface area (Å²) in [5.41, 5.74) is 15.6. The van der Waals surface area contributed by atoms with Crippen LogP contribution in [-0.2, 0) is 25.8 Å². The predicted octanol–water partition coefficient (Wildman–Crippen LogP) is 5.68. The molecule has 158 valence electrons. The number of aromatic nitrogens is 3. The Hall–Kier alpha value is -3.66. The number of rotatable bonds is 4. The fraction of sp³-hybridized carbons (Fsp3) is 0.214. The van der Waals surface area contributed by atoms with Crippen molar-refractivity contribution in [3.05, 3.63) is 101 Å². The highest BCUT2D eigenvalue weighted by Gasteiger charge is 2.22. The van der Waals surface area contributed by atoms with Gasteiger partial charge in [0.15, 0.2) is 0 Å². The Morgan fingerprint density at radius 2 is 1.59 bits per heavy atom. The highest BCUT2D eigenvalue weighted by atomic mass is 15.1. The second-order valence-corrected chi connectivity index (χ2v) is 8.78. The zero-order valence-corrected chi connectivity index (χ0v) is 18.1.